The van der Waals surface area contributed by atoms with Crippen LogP contribution in [-0.2, 0) is 30.4 Å². The van der Waals surface area contributed by atoms with E-state index in [9.17, 15) is 24.0 Å². The fourth-order valence-corrected chi connectivity index (χ4v) is 4.90. The van der Waals surface area contributed by atoms with Crippen molar-refractivity contribution in [2.45, 2.75) is 93.7 Å². The van der Waals surface area contributed by atoms with Gasteiger partial charge >= 0.3 is 0 Å². The van der Waals surface area contributed by atoms with Crippen LogP contribution in [0.3, 0.4) is 0 Å². The second-order valence-electron chi connectivity index (χ2n) is 12.7. The zero-order valence-corrected chi connectivity index (χ0v) is 25.8. The lowest BCUT2D eigenvalue weighted by atomic mass is 9.53. The van der Waals surface area contributed by atoms with E-state index in [4.69, 9.17) is 0 Å². The summed E-state index contributed by atoms with van der Waals surface area (Å²) in [7, 11) is 0. The Bertz CT molecular complexity index is 1020. The number of amides is 4. The summed E-state index contributed by atoms with van der Waals surface area (Å²) in [5.41, 5.74) is -0.659. The highest BCUT2D eigenvalue weighted by atomic mass is 16.2. The summed E-state index contributed by atoms with van der Waals surface area (Å²) in [5, 5.41) is 10.8. The molecule has 0 radical (unpaired) electrons. The average Bonchev–Trinajstić information content (AvgIpc) is 2.88. The lowest BCUT2D eigenvalue weighted by Gasteiger charge is -2.51. The molecule has 0 saturated heterocycles. The van der Waals surface area contributed by atoms with Crippen molar-refractivity contribution in [3.05, 3.63) is 35.9 Å². The van der Waals surface area contributed by atoms with E-state index in [1.165, 1.54) is 0 Å². The van der Waals surface area contributed by atoms with Gasteiger partial charge in [-0.1, -0.05) is 85.7 Å². The summed E-state index contributed by atoms with van der Waals surface area (Å²) in [4.78, 5) is 63.3. The summed E-state index contributed by atoms with van der Waals surface area (Å²) in [5.74, 6) is -1.64. The van der Waals surface area contributed by atoms with Crippen molar-refractivity contribution in [3.63, 3.8) is 0 Å². The van der Waals surface area contributed by atoms with Crippen LogP contribution >= 0.6 is 0 Å². The van der Waals surface area contributed by atoms with Crippen molar-refractivity contribution in [3.8, 4) is 0 Å². The SMILES string of the molecule is CCC(C)(C)C(C)(C(=O)NCC(=O)NC(Cc1ccccc1)C(=O)NC(CC(C)C)C(=O)NCC=O)C(C)(C)C. The monoisotopic (exact) mass is 558 g/mol. The third-order valence-electron chi connectivity index (χ3n) is 8.24. The van der Waals surface area contributed by atoms with E-state index < -0.39 is 35.2 Å². The third kappa shape index (κ3) is 9.45. The van der Waals surface area contributed by atoms with Gasteiger partial charge in [-0.25, -0.2) is 0 Å². The summed E-state index contributed by atoms with van der Waals surface area (Å²) >= 11 is 0. The Morgan fingerprint density at radius 2 is 1.45 bits per heavy atom. The number of benzene rings is 1. The fraction of sp³-hybridized carbons (Fsp3) is 0.645. The van der Waals surface area contributed by atoms with Gasteiger partial charge in [0.25, 0.3) is 0 Å². The Hall–Kier alpha value is -3.23. The molecule has 0 bridgehead atoms. The van der Waals surface area contributed by atoms with Gasteiger partial charge in [0, 0.05) is 6.42 Å². The van der Waals surface area contributed by atoms with Crippen LogP contribution in [0.15, 0.2) is 30.3 Å². The van der Waals surface area contributed by atoms with E-state index in [-0.39, 0.29) is 42.2 Å². The molecule has 1 rings (SSSR count). The van der Waals surface area contributed by atoms with Gasteiger partial charge in [-0.05, 0) is 42.1 Å². The van der Waals surface area contributed by atoms with Gasteiger partial charge in [0.1, 0.15) is 18.4 Å². The van der Waals surface area contributed by atoms with Gasteiger partial charge in [0.2, 0.25) is 23.6 Å². The summed E-state index contributed by atoms with van der Waals surface area (Å²) < 4.78 is 0. The molecule has 9 heteroatoms. The van der Waals surface area contributed by atoms with Gasteiger partial charge in [-0.3, -0.25) is 19.2 Å². The summed E-state index contributed by atoms with van der Waals surface area (Å²) in [6.45, 7) is 17.5. The van der Waals surface area contributed by atoms with Crippen molar-refractivity contribution in [2.75, 3.05) is 13.1 Å². The van der Waals surface area contributed by atoms with E-state index in [0.717, 1.165) is 12.0 Å². The lowest BCUT2D eigenvalue weighted by molar-refractivity contribution is -0.149. The van der Waals surface area contributed by atoms with Crippen LogP contribution in [0, 0.1) is 22.2 Å². The number of carbonyl (C=O) groups excluding carboxylic acids is 5. The maximum atomic E-state index is 13.5. The average molecular weight is 559 g/mol. The van der Waals surface area contributed by atoms with E-state index >= 15 is 0 Å². The van der Waals surface area contributed by atoms with Crippen LogP contribution in [0.4, 0.5) is 0 Å². The molecule has 0 aliphatic rings. The molecule has 0 aliphatic heterocycles. The Balaban J connectivity index is 3.11. The van der Waals surface area contributed by atoms with E-state index in [2.05, 4.69) is 35.1 Å². The maximum Gasteiger partial charge on any atom is 0.243 e. The molecular weight excluding hydrogens is 508 g/mol. The molecule has 1 aromatic rings. The van der Waals surface area contributed by atoms with Gasteiger partial charge in [-0.2, -0.15) is 0 Å². The van der Waals surface area contributed by atoms with Crippen molar-refractivity contribution in [1.82, 2.24) is 21.3 Å². The molecule has 0 aliphatic carbocycles. The van der Waals surface area contributed by atoms with Crippen molar-refractivity contribution >= 4 is 29.9 Å². The predicted molar refractivity (Wildman–Crippen MR) is 157 cm³/mol. The van der Waals surface area contributed by atoms with Gasteiger partial charge in [-0.15, -0.1) is 0 Å². The Kier molecular flexibility index (Phi) is 13.0. The first kappa shape index (κ1) is 34.8. The van der Waals surface area contributed by atoms with Crippen molar-refractivity contribution in [2.24, 2.45) is 22.2 Å². The first-order valence-electron chi connectivity index (χ1n) is 14.1. The normalized spacial score (nSPS) is 14.8. The highest BCUT2D eigenvalue weighted by Gasteiger charge is 2.53. The molecule has 0 heterocycles. The second-order valence-corrected chi connectivity index (χ2v) is 12.7. The molecule has 0 spiro atoms. The standard InChI is InChI=1S/C31H50N4O5/c1-10-30(7,8)31(9,29(4,5)6)28(40)33-20-25(37)34-24(19-22-14-12-11-13-15-22)27(39)35-23(18-21(2)3)26(38)32-16-17-36/h11-15,17,21,23-24H,10,16,18-20H2,1-9H3,(H,32,38)(H,33,40)(H,34,37)(H,35,39). The molecule has 4 amide bonds. The van der Waals surface area contributed by atoms with Crippen LogP contribution in [0.5, 0.6) is 0 Å². The Morgan fingerprint density at radius 1 is 0.850 bits per heavy atom. The van der Waals surface area contributed by atoms with Crippen LogP contribution < -0.4 is 21.3 Å². The molecule has 1 aromatic carbocycles. The quantitative estimate of drug-likeness (QED) is 0.246. The number of rotatable bonds is 15. The largest absolute Gasteiger partial charge is 0.348 e. The molecule has 4 N–H and O–H groups in total. The first-order valence-corrected chi connectivity index (χ1v) is 14.1. The number of hydrogen-bond acceptors (Lipinski definition) is 5. The molecule has 9 nitrogen and oxygen atoms in total. The molecule has 0 aromatic heterocycles. The molecule has 0 saturated carbocycles. The van der Waals surface area contributed by atoms with Gasteiger partial charge in [0.15, 0.2) is 0 Å². The molecule has 40 heavy (non-hydrogen) atoms. The Labute approximate surface area is 240 Å². The van der Waals surface area contributed by atoms with Gasteiger partial charge < -0.3 is 26.1 Å². The number of aldehydes is 1. The van der Waals surface area contributed by atoms with Crippen molar-refractivity contribution < 1.29 is 24.0 Å². The van der Waals surface area contributed by atoms with Crippen LogP contribution in [-0.4, -0.2) is 55.1 Å². The molecular formula is C31H50N4O5. The predicted octanol–water partition coefficient (Wildman–Crippen LogP) is 3.16. The van der Waals surface area contributed by atoms with Crippen LogP contribution in [0.1, 0.15) is 80.7 Å². The van der Waals surface area contributed by atoms with E-state index in [0.29, 0.717) is 12.7 Å². The van der Waals surface area contributed by atoms with E-state index in [1.54, 1.807) is 0 Å². The minimum atomic E-state index is -0.985. The maximum absolute atomic E-state index is 13.5. The number of carbonyl (C=O) groups is 5. The minimum Gasteiger partial charge on any atom is -0.348 e. The highest BCUT2D eigenvalue weighted by Crippen LogP contribution is 2.53. The number of nitrogens with one attached hydrogen (secondary N) is 4. The zero-order valence-electron chi connectivity index (χ0n) is 25.8. The molecule has 224 valence electrons. The Morgan fingerprint density at radius 3 is 1.95 bits per heavy atom. The first-order chi connectivity index (χ1) is 18.5. The highest BCUT2D eigenvalue weighted by molar-refractivity contribution is 5.94. The second kappa shape index (κ2) is 15.0. The number of hydrogen-bond donors (Lipinski definition) is 4. The lowest BCUT2D eigenvalue weighted by Crippen LogP contribution is -2.58. The van der Waals surface area contributed by atoms with Crippen LogP contribution in [0.2, 0.25) is 0 Å². The smallest absolute Gasteiger partial charge is 0.243 e. The topological polar surface area (TPSA) is 133 Å². The zero-order chi connectivity index (χ0) is 30.7. The minimum absolute atomic E-state index is 0.0918. The van der Waals surface area contributed by atoms with Gasteiger partial charge in [0.05, 0.1) is 18.5 Å². The summed E-state index contributed by atoms with van der Waals surface area (Å²) in [6, 6.07) is 7.36. The van der Waals surface area contributed by atoms with E-state index in [1.807, 2.05) is 78.8 Å². The molecule has 3 atom stereocenters. The summed E-state index contributed by atoms with van der Waals surface area (Å²) in [6.07, 6.45) is 1.90. The van der Waals surface area contributed by atoms with Crippen LogP contribution in [0.25, 0.3) is 0 Å². The van der Waals surface area contributed by atoms with Crippen molar-refractivity contribution in [1.29, 1.82) is 0 Å². The fourth-order valence-electron chi connectivity index (χ4n) is 4.90. The molecule has 3 unspecified atom stereocenters. The third-order valence-corrected chi connectivity index (χ3v) is 8.24. The molecule has 0 fully saturated rings.